The Labute approximate surface area is 115 Å². The number of hydrogen-bond acceptors (Lipinski definition) is 3. The molecule has 106 valence electrons. The quantitative estimate of drug-likeness (QED) is 0.906. The van der Waals surface area contributed by atoms with Crippen molar-refractivity contribution >= 4 is 0 Å². The maximum atomic E-state index is 6.13. The topological polar surface area (TPSA) is 39.1 Å². The highest BCUT2D eigenvalue weighted by molar-refractivity contribution is 4.92. The smallest absolute Gasteiger partial charge is 0.0946 e. The van der Waals surface area contributed by atoms with Crippen molar-refractivity contribution in [1.29, 1.82) is 0 Å². The first kappa shape index (κ1) is 13.1. The molecule has 0 radical (unpaired) electrons. The molecule has 19 heavy (non-hydrogen) atoms. The molecule has 0 bridgehead atoms. The van der Waals surface area contributed by atoms with E-state index in [-0.39, 0.29) is 5.60 Å². The Balaban J connectivity index is 1.45. The van der Waals surface area contributed by atoms with Crippen molar-refractivity contribution in [2.45, 2.75) is 63.1 Å². The number of ether oxygens (including phenoxy) is 1. The van der Waals surface area contributed by atoms with Gasteiger partial charge < -0.3 is 14.6 Å². The average molecular weight is 263 g/mol. The van der Waals surface area contributed by atoms with E-state index >= 15 is 0 Å². The number of nitrogens with zero attached hydrogens (tertiary/aromatic N) is 2. The van der Waals surface area contributed by atoms with Crippen LogP contribution < -0.4 is 5.32 Å². The van der Waals surface area contributed by atoms with Gasteiger partial charge in [0, 0.05) is 38.1 Å². The Hall–Kier alpha value is -0.870. The molecule has 1 aliphatic heterocycles. The second kappa shape index (κ2) is 6.06. The van der Waals surface area contributed by atoms with Crippen LogP contribution in [0.5, 0.6) is 0 Å². The van der Waals surface area contributed by atoms with Crippen molar-refractivity contribution in [3.8, 4) is 0 Å². The van der Waals surface area contributed by atoms with Gasteiger partial charge >= 0.3 is 0 Å². The van der Waals surface area contributed by atoms with Gasteiger partial charge in [-0.15, -0.1) is 0 Å². The minimum absolute atomic E-state index is 0.211. The van der Waals surface area contributed by atoms with Crippen LogP contribution in [0.3, 0.4) is 0 Å². The molecule has 2 fully saturated rings. The summed E-state index contributed by atoms with van der Waals surface area (Å²) in [5.41, 5.74) is 0.211. The molecule has 2 aliphatic rings. The summed E-state index contributed by atoms with van der Waals surface area (Å²) in [7, 11) is 0. The second-order valence-corrected chi connectivity index (χ2v) is 6.04. The molecule has 1 unspecified atom stereocenters. The minimum atomic E-state index is 0.211. The van der Waals surface area contributed by atoms with Crippen LogP contribution in [0.25, 0.3) is 0 Å². The van der Waals surface area contributed by atoms with Crippen LogP contribution >= 0.6 is 0 Å². The molecular formula is C15H25N3O. The second-order valence-electron chi connectivity index (χ2n) is 6.04. The van der Waals surface area contributed by atoms with Crippen LogP contribution in [0.15, 0.2) is 18.7 Å². The van der Waals surface area contributed by atoms with E-state index in [1.54, 1.807) is 0 Å². The van der Waals surface area contributed by atoms with Gasteiger partial charge in [-0.05, 0) is 25.7 Å². The summed E-state index contributed by atoms with van der Waals surface area (Å²) in [6.07, 6.45) is 14.7. The fourth-order valence-electron chi connectivity index (χ4n) is 3.56. The summed E-state index contributed by atoms with van der Waals surface area (Å²) >= 11 is 0. The van der Waals surface area contributed by atoms with E-state index in [2.05, 4.69) is 14.9 Å². The van der Waals surface area contributed by atoms with Gasteiger partial charge in [0.05, 0.1) is 11.9 Å². The van der Waals surface area contributed by atoms with E-state index in [4.69, 9.17) is 4.74 Å². The molecule has 4 heteroatoms. The summed E-state index contributed by atoms with van der Waals surface area (Å²) in [5.74, 6) is 0. The van der Waals surface area contributed by atoms with E-state index in [9.17, 15) is 0 Å². The molecule has 0 amide bonds. The van der Waals surface area contributed by atoms with E-state index in [0.717, 1.165) is 26.1 Å². The van der Waals surface area contributed by atoms with E-state index in [1.165, 1.54) is 38.5 Å². The largest absolute Gasteiger partial charge is 0.375 e. The van der Waals surface area contributed by atoms with E-state index in [0.29, 0.717) is 6.04 Å². The average Bonchev–Trinajstić information content (AvgIpc) is 2.93. The summed E-state index contributed by atoms with van der Waals surface area (Å²) in [5, 5.41) is 3.70. The maximum Gasteiger partial charge on any atom is 0.0946 e. The molecule has 1 aliphatic carbocycles. The lowest BCUT2D eigenvalue weighted by Gasteiger charge is -2.43. The Morgan fingerprint density at radius 2 is 2.21 bits per heavy atom. The van der Waals surface area contributed by atoms with Crippen molar-refractivity contribution in [2.75, 3.05) is 13.2 Å². The van der Waals surface area contributed by atoms with Crippen LogP contribution in [0.1, 0.15) is 44.9 Å². The van der Waals surface area contributed by atoms with Gasteiger partial charge in [0.2, 0.25) is 0 Å². The number of aromatic nitrogens is 2. The van der Waals surface area contributed by atoms with Crippen LogP contribution in [-0.2, 0) is 11.3 Å². The first-order valence-corrected chi connectivity index (χ1v) is 7.69. The predicted octanol–water partition coefficient (Wildman–Crippen LogP) is 2.35. The molecule has 1 atom stereocenters. The lowest BCUT2D eigenvalue weighted by atomic mass is 9.78. The predicted molar refractivity (Wildman–Crippen MR) is 75.0 cm³/mol. The standard InChI is InChI=1S/C15H25N3O/c1-2-5-15(6-3-1)12-14(4-11-19-15)17-8-10-18-9-7-16-13-18/h7,9,13-14,17H,1-6,8,10-12H2. The van der Waals surface area contributed by atoms with Crippen molar-refractivity contribution in [3.05, 3.63) is 18.7 Å². The third kappa shape index (κ3) is 3.37. The summed E-state index contributed by atoms with van der Waals surface area (Å²) in [6, 6.07) is 0.635. The summed E-state index contributed by atoms with van der Waals surface area (Å²) < 4.78 is 8.26. The lowest BCUT2D eigenvalue weighted by molar-refractivity contribution is -0.109. The molecule has 1 N–H and O–H groups in total. The third-order valence-corrected chi connectivity index (χ3v) is 4.62. The fraction of sp³-hybridized carbons (Fsp3) is 0.800. The highest BCUT2D eigenvalue weighted by Crippen LogP contribution is 2.38. The highest BCUT2D eigenvalue weighted by atomic mass is 16.5. The van der Waals surface area contributed by atoms with Gasteiger partial charge in [-0.25, -0.2) is 4.98 Å². The maximum absolute atomic E-state index is 6.13. The van der Waals surface area contributed by atoms with E-state index in [1.807, 2.05) is 18.7 Å². The molecule has 3 rings (SSSR count). The van der Waals surface area contributed by atoms with Crippen molar-refractivity contribution in [3.63, 3.8) is 0 Å². The molecule has 0 aromatic carbocycles. The van der Waals surface area contributed by atoms with Gasteiger partial charge in [0.25, 0.3) is 0 Å². The number of hydrogen-bond donors (Lipinski definition) is 1. The van der Waals surface area contributed by atoms with Crippen LogP contribution in [0, 0.1) is 0 Å². The summed E-state index contributed by atoms with van der Waals surface area (Å²) in [4.78, 5) is 4.07. The normalized spacial score (nSPS) is 26.6. The first-order valence-electron chi connectivity index (χ1n) is 7.69. The molecule has 1 saturated carbocycles. The first-order chi connectivity index (χ1) is 9.36. The van der Waals surface area contributed by atoms with Crippen molar-refractivity contribution < 1.29 is 4.74 Å². The van der Waals surface area contributed by atoms with Crippen LogP contribution in [-0.4, -0.2) is 34.3 Å². The molecule has 4 nitrogen and oxygen atoms in total. The lowest BCUT2D eigenvalue weighted by Crippen LogP contribution is -2.48. The SMILES string of the molecule is c1cn(CCNC2CCOC3(CCCCC3)C2)cn1. The Morgan fingerprint density at radius 1 is 1.32 bits per heavy atom. The Kier molecular flexibility index (Phi) is 4.18. The molecule has 1 aromatic heterocycles. The number of rotatable bonds is 4. The van der Waals surface area contributed by atoms with Crippen LogP contribution in [0.4, 0.5) is 0 Å². The van der Waals surface area contributed by atoms with Crippen LogP contribution in [0.2, 0.25) is 0 Å². The van der Waals surface area contributed by atoms with Gasteiger partial charge in [0.15, 0.2) is 0 Å². The number of nitrogens with one attached hydrogen (secondary N) is 1. The monoisotopic (exact) mass is 263 g/mol. The Bertz CT molecular complexity index is 365. The highest BCUT2D eigenvalue weighted by Gasteiger charge is 2.38. The number of imidazole rings is 1. The van der Waals surface area contributed by atoms with Gasteiger partial charge in [0.1, 0.15) is 0 Å². The Morgan fingerprint density at radius 3 is 3.00 bits per heavy atom. The molecule has 1 aromatic rings. The summed E-state index contributed by atoms with van der Waals surface area (Å²) in [6.45, 7) is 2.96. The molecule has 2 heterocycles. The molecular weight excluding hydrogens is 238 g/mol. The van der Waals surface area contributed by atoms with Gasteiger partial charge in [-0.3, -0.25) is 0 Å². The zero-order valence-electron chi connectivity index (χ0n) is 11.7. The molecule has 1 spiro atoms. The third-order valence-electron chi connectivity index (χ3n) is 4.62. The van der Waals surface area contributed by atoms with Gasteiger partial charge in [-0.1, -0.05) is 19.3 Å². The zero-order valence-corrected chi connectivity index (χ0v) is 11.7. The van der Waals surface area contributed by atoms with Gasteiger partial charge in [-0.2, -0.15) is 0 Å². The zero-order chi connectivity index (χ0) is 13.0. The molecule has 1 saturated heterocycles. The van der Waals surface area contributed by atoms with Crippen molar-refractivity contribution in [2.24, 2.45) is 0 Å². The van der Waals surface area contributed by atoms with E-state index < -0.39 is 0 Å². The minimum Gasteiger partial charge on any atom is -0.375 e. The fourth-order valence-corrected chi connectivity index (χ4v) is 3.56. The van der Waals surface area contributed by atoms with Crippen molar-refractivity contribution in [1.82, 2.24) is 14.9 Å².